The Bertz CT molecular complexity index is 1430. The van der Waals surface area contributed by atoms with Crippen LogP contribution in [0.5, 0.6) is 11.5 Å². The third kappa shape index (κ3) is 5.48. The van der Waals surface area contributed by atoms with Gasteiger partial charge in [-0.3, -0.25) is 4.79 Å². The SMILES string of the molecule is COc1ccccc1C(=O)Nc1ccc(-c2cc(C3CC3)n(C(=O)NCCc3ccccc3)n2)c(O)c1. The highest BCUT2D eigenvalue weighted by atomic mass is 16.5. The highest BCUT2D eigenvalue weighted by molar-refractivity contribution is 6.06. The van der Waals surface area contributed by atoms with Crippen LogP contribution >= 0.6 is 0 Å². The average molecular weight is 497 g/mol. The Kier molecular flexibility index (Phi) is 6.89. The molecular weight excluding hydrogens is 468 g/mol. The number of rotatable bonds is 8. The van der Waals surface area contributed by atoms with E-state index in [0.717, 1.165) is 30.5 Å². The first kappa shape index (κ1) is 24.1. The van der Waals surface area contributed by atoms with Gasteiger partial charge in [-0.05, 0) is 55.2 Å². The summed E-state index contributed by atoms with van der Waals surface area (Å²) in [6.07, 6.45) is 2.73. The minimum Gasteiger partial charge on any atom is -0.507 e. The standard InChI is InChI=1S/C29H28N4O4/c1-37-27-10-6-5-9-23(27)28(35)31-21-13-14-22(26(34)17-21)24-18-25(20-11-12-20)33(32-24)29(36)30-16-15-19-7-3-2-4-8-19/h2-10,13-14,17-18,20,34H,11-12,15-16H2,1H3,(H,30,36)(H,31,35). The van der Waals surface area contributed by atoms with Crippen molar-refractivity contribution in [3.63, 3.8) is 0 Å². The Hall–Kier alpha value is -4.59. The third-order valence-electron chi connectivity index (χ3n) is 6.34. The lowest BCUT2D eigenvalue weighted by Crippen LogP contribution is -2.32. The molecule has 0 unspecified atom stereocenters. The predicted molar refractivity (Wildman–Crippen MR) is 141 cm³/mol. The van der Waals surface area contributed by atoms with Gasteiger partial charge in [-0.25, -0.2) is 4.79 Å². The van der Waals surface area contributed by atoms with Gasteiger partial charge >= 0.3 is 6.03 Å². The number of phenols is 1. The van der Waals surface area contributed by atoms with E-state index in [1.54, 1.807) is 36.4 Å². The molecule has 0 bridgehead atoms. The summed E-state index contributed by atoms with van der Waals surface area (Å²) in [6, 6.07) is 23.3. The van der Waals surface area contributed by atoms with E-state index in [4.69, 9.17) is 4.74 Å². The maximum absolute atomic E-state index is 12.9. The molecule has 1 saturated carbocycles. The van der Waals surface area contributed by atoms with Crippen LogP contribution in [0, 0.1) is 0 Å². The van der Waals surface area contributed by atoms with E-state index in [-0.39, 0.29) is 23.6 Å². The molecule has 8 heteroatoms. The van der Waals surface area contributed by atoms with Crippen molar-refractivity contribution in [1.29, 1.82) is 0 Å². The second-order valence-electron chi connectivity index (χ2n) is 8.99. The van der Waals surface area contributed by atoms with Crippen molar-refractivity contribution in [2.45, 2.75) is 25.2 Å². The number of benzene rings is 3. The molecule has 0 spiro atoms. The van der Waals surface area contributed by atoms with Gasteiger partial charge in [0.05, 0.1) is 24.1 Å². The molecule has 1 heterocycles. The van der Waals surface area contributed by atoms with Gasteiger partial charge in [0.25, 0.3) is 5.91 Å². The van der Waals surface area contributed by atoms with Crippen LogP contribution in [0.1, 0.15) is 40.4 Å². The van der Waals surface area contributed by atoms with Crippen LogP contribution in [-0.2, 0) is 6.42 Å². The fourth-order valence-electron chi connectivity index (χ4n) is 4.25. The number of amides is 2. The number of aromatic hydroxyl groups is 1. The lowest BCUT2D eigenvalue weighted by Gasteiger charge is -2.10. The molecule has 5 rings (SSSR count). The number of carbonyl (C=O) groups excluding carboxylic acids is 2. The number of hydrogen-bond acceptors (Lipinski definition) is 5. The maximum atomic E-state index is 12.9. The summed E-state index contributed by atoms with van der Waals surface area (Å²) in [5.41, 5.74) is 3.78. The molecule has 3 N–H and O–H groups in total. The maximum Gasteiger partial charge on any atom is 0.342 e. The smallest absolute Gasteiger partial charge is 0.342 e. The zero-order valence-electron chi connectivity index (χ0n) is 20.5. The van der Waals surface area contributed by atoms with Crippen LogP contribution in [-0.4, -0.2) is 40.5 Å². The van der Waals surface area contributed by atoms with Crippen molar-refractivity contribution in [2.24, 2.45) is 0 Å². The fraction of sp³-hybridized carbons (Fsp3) is 0.207. The molecule has 3 aromatic carbocycles. The molecule has 1 aliphatic rings. The Morgan fingerprint density at radius 1 is 1.03 bits per heavy atom. The minimum absolute atomic E-state index is 0.0469. The summed E-state index contributed by atoms with van der Waals surface area (Å²) in [7, 11) is 1.51. The summed E-state index contributed by atoms with van der Waals surface area (Å²) < 4.78 is 6.67. The number of para-hydroxylation sites is 1. The molecule has 1 fully saturated rings. The van der Waals surface area contributed by atoms with Gasteiger partial charge in [0.15, 0.2) is 0 Å². The second-order valence-corrected chi connectivity index (χ2v) is 8.99. The Morgan fingerprint density at radius 3 is 2.51 bits per heavy atom. The van der Waals surface area contributed by atoms with E-state index < -0.39 is 0 Å². The van der Waals surface area contributed by atoms with Crippen molar-refractivity contribution in [3.8, 4) is 22.8 Å². The highest BCUT2D eigenvalue weighted by Gasteiger charge is 2.30. The summed E-state index contributed by atoms with van der Waals surface area (Å²) in [6.45, 7) is 0.494. The van der Waals surface area contributed by atoms with E-state index in [0.29, 0.717) is 34.8 Å². The van der Waals surface area contributed by atoms with Crippen molar-refractivity contribution >= 4 is 17.6 Å². The number of nitrogens with one attached hydrogen (secondary N) is 2. The zero-order chi connectivity index (χ0) is 25.8. The van der Waals surface area contributed by atoms with Crippen LogP contribution < -0.4 is 15.4 Å². The lowest BCUT2D eigenvalue weighted by molar-refractivity contribution is 0.102. The first-order chi connectivity index (χ1) is 18.0. The van der Waals surface area contributed by atoms with E-state index in [1.165, 1.54) is 17.9 Å². The molecule has 0 atom stereocenters. The molecule has 0 saturated heterocycles. The minimum atomic E-state index is -0.350. The first-order valence-electron chi connectivity index (χ1n) is 12.2. The number of hydrogen-bond donors (Lipinski definition) is 3. The summed E-state index contributed by atoms with van der Waals surface area (Å²) in [5, 5.41) is 21.0. The van der Waals surface area contributed by atoms with Gasteiger partial charge < -0.3 is 20.5 Å². The molecule has 2 amide bonds. The number of carbonyl (C=O) groups is 2. The van der Waals surface area contributed by atoms with Gasteiger partial charge in [-0.15, -0.1) is 0 Å². The van der Waals surface area contributed by atoms with E-state index >= 15 is 0 Å². The van der Waals surface area contributed by atoms with Crippen LogP contribution in [0.2, 0.25) is 0 Å². The monoisotopic (exact) mass is 496 g/mol. The van der Waals surface area contributed by atoms with Gasteiger partial charge in [-0.1, -0.05) is 42.5 Å². The Labute approximate surface area is 214 Å². The zero-order valence-corrected chi connectivity index (χ0v) is 20.5. The molecule has 37 heavy (non-hydrogen) atoms. The number of nitrogens with zero attached hydrogens (tertiary/aromatic N) is 2. The summed E-state index contributed by atoms with van der Waals surface area (Å²) >= 11 is 0. The van der Waals surface area contributed by atoms with Crippen molar-refractivity contribution in [3.05, 3.63) is 95.7 Å². The molecule has 8 nitrogen and oxygen atoms in total. The largest absolute Gasteiger partial charge is 0.507 e. The molecule has 1 aromatic heterocycles. The van der Waals surface area contributed by atoms with Crippen molar-refractivity contribution < 1.29 is 19.4 Å². The summed E-state index contributed by atoms with van der Waals surface area (Å²) in [4.78, 5) is 25.7. The fourth-order valence-corrected chi connectivity index (χ4v) is 4.25. The molecule has 4 aromatic rings. The van der Waals surface area contributed by atoms with Crippen molar-refractivity contribution in [2.75, 3.05) is 19.0 Å². The van der Waals surface area contributed by atoms with Crippen LogP contribution in [0.3, 0.4) is 0 Å². The number of anilines is 1. The predicted octanol–water partition coefficient (Wildman–Crippen LogP) is 5.19. The molecular formula is C29H28N4O4. The van der Waals surface area contributed by atoms with Crippen LogP contribution in [0.15, 0.2) is 78.9 Å². The topological polar surface area (TPSA) is 105 Å². The quantitative estimate of drug-likeness (QED) is 0.311. The number of ether oxygens (including phenoxy) is 1. The lowest BCUT2D eigenvalue weighted by atomic mass is 10.1. The van der Waals surface area contributed by atoms with Crippen molar-refractivity contribution in [1.82, 2.24) is 15.1 Å². The molecule has 0 aliphatic heterocycles. The van der Waals surface area contributed by atoms with Gasteiger partial charge in [0.2, 0.25) is 0 Å². The van der Waals surface area contributed by atoms with E-state index in [1.807, 2.05) is 36.4 Å². The first-order valence-corrected chi connectivity index (χ1v) is 12.2. The third-order valence-corrected chi connectivity index (χ3v) is 6.34. The van der Waals surface area contributed by atoms with Gasteiger partial charge in [-0.2, -0.15) is 9.78 Å². The molecule has 188 valence electrons. The Morgan fingerprint density at radius 2 is 1.78 bits per heavy atom. The average Bonchev–Trinajstić information content (AvgIpc) is 3.67. The van der Waals surface area contributed by atoms with Gasteiger partial charge in [0, 0.05) is 29.8 Å². The molecule has 0 radical (unpaired) electrons. The normalized spacial score (nSPS) is 12.7. The van der Waals surface area contributed by atoms with E-state index in [2.05, 4.69) is 15.7 Å². The van der Waals surface area contributed by atoms with Crippen LogP contribution in [0.25, 0.3) is 11.3 Å². The van der Waals surface area contributed by atoms with Gasteiger partial charge in [0.1, 0.15) is 11.5 Å². The second kappa shape index (κ2) is 10.6. The number of methoxy groups -OCH3 is 1. The Balaban J connectivity index is 1.31. The molecule has 1 aliphatic carbocycles. The van der Waals surface area contributed by atoms with E-state index in [9.17, 15) is 14.7 Å². The highest BCUT2D eigenvalue weighted by Crippen LogP contribution is 2.42. The number of aromatic nitrogens is 2. The number of phenolic OH excluding ortho intramolecular Hbond substituents is 1. The van der Waals surface area contributed by atoms with Crippen LogP contribution in [0.4, 0.5) is 10.5 Å². The summed E-state index contributed by atoms with van der Waals surface area (Å²) in [5.74, 6) is 0.343.